The number of fused-ring (bicyclic) bond motifs is 1. The fraction of sp³-hybridized carbons (Fsp3) is 0.381. The topological polar surface area (TPSA) is 71.5 Å². The first-order valence-electron chi connectivity index (χ1n) is 9.29. The van der Waals surface area contributed by atoms with E-state index < -0.39 is 0 Å². The molecule has 28 heavy (non-hydrogen) atoms. The van der Waals surface area contributed by atoms with Gasteiger partial charge in [0, 0.05) is 42.9 Å². The lowest BCUT2D eigenvalue weighted by atomic mass is 10.1. The number of carbonyl (C=O) groups is 2. The third-order valence-electron chi connectivity index (χ3n) is 4.64. The number of carbonyl (C=O) groups excluding carboxylic acids is 2. The van der Waals surface area contributed by atoms with Crippen molar-refractivity contribution in [2.24, 2.45) is 0 Å². The number of aromatic nitrogens is 1. The number of methoxy groups -OCH3 is 1. The fourth-order valence-electron chi connectivity index (χ4n) is 3.31. The van der Waals surface area contributed by atoms with Crippen LogP contribution in [0.2, 0.25) is 0 Å². The van der Waals surface area contributed by atoms with Gasteiger partial charge in [-0.3, -0.25) is 9.59 Å². The zero-order chi connectivity index (χ0) is 20.1. The Hall–Kier alpha value is -2.54. The minimum Gasteiger partial charge on any atom is -0.496 e. The number of rotatable bonds is 6. The average molecular weight is 400 g/mol. The summed E-state index contributed by atoms with van der Waals surface area (Å²) in [6.07, 6.45) is 0.334. The van der Waals surface area contributed by atoms with E-state index in [0.717, 1.165) is 39.0 Å². The summed E-state index contributed by atoms with van der Waals surface area (Å²) < 4.78 is 5.29. The Kier molecular flexibility index (Phi) is 6.57. The molecule has 0 aliphatic carbocycles. The first-order valence-corrected chi connectivity index (χ1v) is 10.3. The van der Waals surface area contributed by atoms with Crippen LogP contribution in [0.4, 0.5) is 5.69 Å². The highest BCUT2D eigenvalue weighted by molar-refractivity contribution is 7.99. The molecule has 6 nitrogen and oxygen atoms in total. The number of nitrogens with zero attached hydrogens (tertiary/aromatic N) is 2. The number of anilines is 1. The van der Waals surface area contributed by atoms with Gasteiger partial charge in [-0.1, -0.05) is 18.2 Å². The van der Waals surface area contributed by atoms with E-state index >= 15 is 0 Å². The predicted octanol–water partition coefficient (Wildman–Crippen LogP) is 3.24. The first-order chi connectivity index (χ1) is 13.5. The molecule has 0 spiro atoms. The zero-order valence-electron chi connectivity index (χ0n) is 16.4. The Balaban J connectivity index is 1.57. The van der Waals surface area contributed by atoms with Crippen molar-refractivity contribution in [1.82, 2.24) is 10.3 Å². The molecule has 2 amide bonds. The lowest BCUT2D eigenvalue weighted by Crippen LogP contribution is -2.37. The van der Waals surface area contributed by atoms with Gasteiger partial charge in [-0.2, -0.15) is 0 Å². The normalized spacial score (nSPS) is 13.0. The van der Waals surface area contributed by atoms with Crippen molar-refractivity contribution in [2.45, 2.75) is 38.3 Å². The van der Waals surface area contributed by atoms with Crippen LogP contribution in [0.25, 0.3) is 0 Å². The van der Waals surface area contributed by atoms with E-state index in [1.54, 1.807) is 23.8 Å². The standard InChI is InChI=1S/C21H25N3O3S/c1-14-12-15(2)23-21-20(14)24(10-11-28-21)19(26)9-8-18(25)22-13-16-6-4-5-7-17(16)27-3/h4-7,12H,8-11,13H2,1-3H3,(H,22,25). The minimum absolute atomic E-state index is 0.0391. The van der Waals surface area contributed by atoms with Crippen LogP contribution in [0.1, 0.15) is 29.7 Å². The second kappa shape index (κ2) is 9.10. The van der Waals surface area contributed by atoms with Crippen molar-refractivity contribution in [1.29, 1.82) is 0 Å². The summed E-state index contributed by atoms with van der Waals surface area (Å²) in [5.74, 6) is 1.36. The summed E-state index contributed by atoms with van der Waals surface area (Å²) >= 11 is 1.68. The van der Waals surface area contributed by atoms with Crippen LogP contribution in [0, 0.1) is 13.8 Å². The van der Waals surface area contributed by atoms with Crippen LogP contribution in [0.5, 0.6) is 5.75 Å². The third-order valence-corrected chi connectivity index (χ3v) is 5.58. The monoisotopic (exact) mass is 399 g/mol. The van der Waals surface area contributed by atoms with E-state index in [-0.39, 0.29) is 24.7 Å². The summed E-state index contributed by atoms with van der Waals surface area (Å²) in [6.45, 7) is 4.98. The Morgan fingerprint density at radius 1 is 1.25 bits per heavy atom. The van der Waals surface area contributed by atoms with Crippen LogP contribution in [-0.4, -0.2) is 36.2 Å². The van der Waals surface area contributed by atoms with Crippen LogP contribution < -0.4 is 15.0 Å². The number of hydrogen-bond donors (Lipinski definition) is 1. The van der Waals surface area contributed by atoms with Gasteiger partial charge in [-0.25, -0.2) is 4.98 Å². The lowest BCUT2D eigenvalue weighted by Gasteiger charge is -2.30. The first kappa shape index (κ1) is 20.2. The largest absolute Gasteiger partial charge is 0.496 e. The maximum absolute atomic E-state index is 12.8. The highest BCUT2D eigenvalue weighted by Crippen LogP contribution is 2.36. The number of benzene rings is 1. The van der Waals surface area contributed by atoms with Gasteiger partial charge in [0.05, 0.1) is 12.8 Å². The number of nitrogens with one attached hydrogen (secondary N) is 1. The van der Waals surface area contributed by atoms with Crippen LogP contribution in [0.15, 0.2) is 35.4 Å². The van der Waals surface area contributed by atoms with Crippen molar-refractivity contribution in [3.05, 3.63) is 47.2 Å². The molecule has 0 radical (unpaired) electrons. The smallest absolute Gasteiger partial charge is 0.227 e. The van der Waals surface area contributed by atoms with Gasteiger partial charge in [-0.05, 0) is 31.5 Å². The van der Waals surface area contributed by atoms with Crippen molar-refractivity contribution in [2.75, 3.05) is 24.3 Å². The van der Waals surface area contributed by atoms with E-state index in [9.17, 15) is 9.59 Å². The summed E-state index contributed by atoms with van der Waals surface area (Å²) in [7, 11) is 1.60. The van der Waals surface area contributed by atoms with Gasteiger partial charge in [0.1, 0.15) is 10.8 Å². The molecule has 2 heterocycles. The van der Waals surface area contributed by atoms with Gasteiger partial charge in [0.2, 0.25) is 11.8 Å². The molecule has 1 aromatic carbocycles. The van der Waals surface area contributed by atoms with Gasteiger partial charge in [0.15, 0.2) is 0 Å². The van der Waals surface area contributed by atoms with Crippen molar-refractivity contribution >= 4 is 29.3 Å². The molecule has 0 saturated carbocycles. The number of ether oxygens (including phenoxy) is 1. The molecule has 0 fully saturated rings. The van der Waals surface area contributed by atoms with Crippen LogP contribution in [-0.2, 0) is 16.1 Å². The molecular weight excluding hydrogens is 374 g/mol. The summed E-state index contributed by atoms with van der Waals surface area (Å²) in [5, 5.41) is 3.76. The summed E-state index contributed by atoms with van der Waals surface area (Å²) in [6, 6.07) is 9.54. The highest BCUT2D eigenvalue weighted by Gasteiger charge is 2.26. The molecule has 0 atom stereocenters. The molecule has 148 valence electrons. The summed E-state index contributed by atoms with van der Waals surface area (Å²) in [4.78, 5) is 31.3. The number of pyridine rings is 1. The molecule has 0 unspecified atom stereocenters. The molecular formula is C21H25N3O3S. The lowest BCUT2D eigenvalue weighted by molar-refractivity contribution is -0.125. The predicted molar refractivity (Wildman–Crippen MR) is 111 cm³/mol. The molecule has 1 N–H and O–H groups in total. The van der Waals surface area contributed by atoms with Gasteiger partial charge in [0.25, 0.3) is 0 Å². The quantitative estimate of drug-likeness (QED) is 0.807. The molecule has 1 aromatic heterocycles. The third kappa shape index (κ3) is 4.65. The van der Waals surface area contributed by atoms with Gasteiger partial charge < -0.3 is 15.0 Å². The number of aryl methyl sites for hydroxylation is 2. The van der Waals surface area contributed by atoms with Crippen molar-refractivity contribution in [3.8, 4) is 5.75 Å². The van der Waals surface area contributed by atoms with Crippen LogP contribution >= 0.6 is 11.8 Å². The minimum atomic E-state index is -0.149. The maximum Gasteiger partial charge on any atom is 0.227 e. The Morgan fingerprint density at radius 2 is 2.04 bits per heavy atom. The molecule has 7 heteroatoms. The fourth-order valence-corrected chi connectivity index (χ4v) is 4.39. The van der Waals surface area contributed by atoms with E-state index in [1.165, 1.54) is 0 Å². The SMILES string of the molecule is COc1ccccc1CNC(=O)CCC(=O)N1CCSc2nc(C)cc(C)c21. The van der Waals surface area contributed by atoms with Gasteiger partial charge >= 0.3 is 0 Å². The second-order valence-electron chi connectivity index (χ2n) is 6.72. The van der Waals surface area contributed by atoms with Crippen molar-refractivity contribution in [3.63, 3.8) is 0 Å². The molecule has 0 bridgehead atoms. The highest BCUT2D eigenvalue weighted by atomic mass is 32.2. The number of para-hydroxylation sites is 1. The average Bonchev–Trinajstić information content (AvgIpc) is 2.69. The molecule has 1 aliphatic heterocycles. The number of thioether (sulfide) groups is 1. The molecule has 2 aromatic rings. The molecule has 3 rings (SSSR count). The second-order valence-corrected chi connectivity index (χ2v) is 7.80. The molecule has 1 aliphatic rings. The van der Waals surface area contributed by atoms with Crippen molar-refractivity contribution < 1.29 is 14.3 Å². The van der Waals surface area contributed by atoms with E-state index in [4.69, 9.17) is 4.74 Å². The maximum atomic E-state index is 12.8. The Bertz CT molecular complexity index is 885. The van der Waals surface area contributed by atoms with E-state index in [0.29, 0.717) is 13.1 Å². The van der Waals surface area contributed by atoms with Crippen LogP contribution in [0.3, 0.4) is 0 Å². The number of amides is 2. The van der Waals surface area contributed by atoms with Gasteiger partial charge in [-0.15, -0.1) is 11.8 Å². The Morgan fingerprint density at radius 3 is 2.82 bits per heavy atom. The molecule has 0 saturated heterocycles. The summed E-state index contributed by atoms with van der Waals surface area (Å²) in [5.41, 5.74) is 3.79. The Labute approximate surface area is 169 Å². The van der Waals surface area contributed by atoms with E-state index in [1.807, 2.05) is 44.2 Å². The number of hydrogen-bond acceptors (Lipinski definition) is 5. The van der Waals surface area contributed by atoms with E-state index in [2.05, 4.69) is 10.3 Å². The zero-order valence-corrected chi connectivity index (χ0v) is 17.3.